The maximum atomic E-state index is 13.2. The first-order valence-corrected chi connectivity index (χ1v) is 10.2. The zero-order valence-electron chi connectivity index (χ0n) is 15.4. The Morgan fingerprint density at radius 2 is 1.89 bits per heavy atom. The second kappa shape index (κ2) is 8.57. The van der Waals surface area contributed by atoms with Crippen LogP contribution in [0.15, 0.2) is 77.5 Å². The number of carbonyl (C=O) groups excluding carboxylic acids is 1. The van der Waals surface area contributed by atoms with Crippen LogP contribution in [-0.4, -0.2) is 21.8 Å². The molecule has 1 aliphatic carbocycles. The first kappa shape index (κ1) is 18.7. The van der Waals surface area contributed by atoms with E-state index in [-0.39, 0.29) is 5.91 Å². The van der Waals surface area contributed by atoms with Crippen molar-refractivity contribution in [1.82, 2.24) is 9.88 Å². The van der Waals surface area contributed by atoms with Crippen LogP contribution in [0.1, 0.15) is 34.3 Å². The second-order valence-electron chi connectivity index (χ2n) is 6.97. The summed E-state index contributed by atoms with van der Waals surface area (Å²) < 4.78 is 6.88. The number of aromatic nitrogens is 1. The van der Waals surface area contributed by atoms with Crippen molar-refractivity contribution in [2.45, 2.75) is 32.0 Å². The Bertz CT molecular complexity index is 958. The monoisotopic (exact) mass is 436 g/mol. The maximum Gasteiger partial charge on any atom is 0.254 e. The molecule has 4 nitrogen and oxygen atoms in total. The third-order valence-corrected chi connectivity index (χ3v) is 5.19. The summed E-state index contributed by atoms with van der Waals surface area (Å²) in [5.74, 6) is 0.738. The SMILES string of the molecule is O=C(c1cccc(OCc2cccnc2)c1)N(Cc1cccc(Br)c1)C1CC1. The maximum absolute atomic E-state index is 13.2. The molecule has 0 atom stereocenters. The van der Waals surface area contributed by atoms with Gasteiger partial charge in [-0.2, -0.15) is 0 Å². The molecule has 0 aliphatic heterocycles. The highest BCUT2D eigenvalue weighted by Gasteiger charge is 2.33. The van der Waals surface area contributed by atoms with Crippen molar-refractivity contribution in [2.75, 3.05) is 0 Å². The lowest BCUT2D eigenvalue weighted by molar-refractivity contribution is 0.0729. The highest BCUT2D eigenvalue weighted by molar-refractivity contribution is 9.10. The molecule has 1 aliphatic rings. The molecule has 2 aromatic carbocycles. The number of ether oxygens (including phenoxy) is 1. The van der Waals surface area contributed by atoms with Gasteiger partial charge in [0, 0.05) is 40.6 Å². The molecular weight excluding hydrogens is 416 g/mol. The zero-order valence-corrected chi connectivity index (χ0v) is 17.0. The number of benzene rings is 2. The van der Waals surface area contributed by atoms with E-state index in [1.54, 1.807) is 12.4 Å². The standard InChI is InChI=1S/C23H21BrN2O2/c24-20-7-1-4-17(12-20)15-26(21-9-10-21)23(27)19-6-2-8-22(13-19)28-16-18-5-3-11-25-14-18/h1-8,11-14,21H,9-10,15-16H2. The van der Waals surface area contributed by atoms with E-state index in [9.17, 15) is 4.79 Å². The van der Waals surface area contributed by atoms with Crippen LogP contribution in [-0.2, 0) is 13.2 Å². The van der Waals surface area contributed by atoms with Crippen LogP contribution in [0.25, 0.3) is 0 Å². The van der Waals surface area contributed by atoms with Gasteiger partial charge < -0.3 is 9.64 Å². The number of rotatable bonds is 7. The van der Waals surface area contributed by atoms with Crippen LogP contribution in [0.3, 0.4) is 0 Å². The van der Waals surface area contributed by atoms with Gasteiger partial charge in [-0.05, 0) is 54.8 Å². The molecule has 4 rings (SSSR count). The molecule has 142 valence electrons. The molecule has 1 aromatic heterocycles. The van der Waals surface area contributed by atoms with Gasteiger partial charge in [-0.15, -0.1) is 0 Å². The quantitative estimate of drug-likeness (QED) is 0.509. The van der Waals surface area contributed by atoms with Gasteiger partial charge in [0.05, 0.1) is 0 Å². The number of pyridine rings is 1. The third-order valence-electron chi connectivity index (χ3n) is 4.70. The van der Waals surface area contributed by atoms with Crippen LogP contribution >= 0.6 is 15.9 Å². The van der Waals surface area contributed by atoms with Crippen LogP contribution in [0, 0.1) is 0 Å². The van der Waals surface area contributed by atoms with Crippen LogP contribution < -0.4 is 4.74 Å². The number of halogens is 1. The van der Waals surface area contributed by atoms with Gasteiger partial charge in [0.2, 0.25) is 0 Å². The lowest BCUT2D eigenvalue weighted by Gasteiger charge is -2.23. The van der Waals surface area contributed by atoms with E-state index in [1.165, 1.54) is 0 Å². The topological polar surface area (TPSA) is 42.4 Å². The minimum atomic E-state index is 0.0503. The Kier molecular flexibility index (Phi) is 5.72. The Hall–Kier alpha value is -2.66. The molecule has 0 N–H and O–H groups in total. The molecule has 3 aromatic rings. The molecule has 1 fully saturated rings. The number of carbonyl (C=O) groups is 1. The van der Waals surface area contributed by atoms with E-state index < -0.39 is 0 Å². The Labute approximate surface area is 173 Å². The lowest BCUT2D eigenvalue weighted by Crippen LogP contribution is -2.32. The van der Waals surface area contributed by atoms with E-state index in [4.69, 9.17) is 4.74 Å². The molecule has 0 unspecified atom stereocenters. The Balaban J connectivity index is 1.48. The predicted octanol–water partition coefficient (Wildman–Crippen LogP) is 5.23. The summed E-state index contributed by atoms with van der Waals surface area (Å²) in [6, 6.07) is 19.7. The molecule has 0 radical (unpaired) electrons. The summed E-state index contributed by atoms with van der Waals surface area (Å²) in [4.78, 5) is 19.3. The van der Waals surface area contributed by atoms with Gasteiger partial charge in [0.1, 0.15) is 12.4 Å². The third kappa shape index (κ3) is 4.78. The van der Waals surface area contributed by atoms with E-state index in [2.05, 4.69) is 33.0 Å². The van der Waals surface area contributed by atoms with Crippen LogP contribution in [0.5, 0.6) is 5.75 Å². The molecule has 5 heteroatoms. The van der Waals surface area contributed by atoms with Crippen molar-refractivity contribution < 1.29 is 9.53 Å². The Morgan fingerprint density at radius 3 is 2.64 bits per heavy atom. The molecule has 0 bridgehead atoms. The summed E-state index contributed by atoms with van der Waals surface area (Å²) in [5, 5.41) is 0. The summed E-state index contributed by atoms with van der Waals surface area (Å²) in [7, 11) is 0. The van der Waals surface area contributed by atoms with Gasteiger partial charge in [0.25, 0.3) is 5.91 Å². The van der Waals surface area contributed by atoms with Crippen LogP contribution in [0.2, 0.25) is 0 Å². The summed E-state index contributed by atoms with van der Waals surface area (Å²) >= 11 is 3.51. The van der Waals surface area contributed by atoms with Gasteiger partial charge in [-0.25, -0.2) is 0 Å². The summed E-state index contributed by atoms with van der Waals surface area (Å²) in [5.41, 5.74) is 2.78. The van der Waals surface area contributed by atoms with Crippen molar-refractivity contribution in [3.8, 4) is 5.75 Å². The average molecular weight is 437 g/mol. The van der Waals surface area contributed by atoms with Crippen molar-refractivity contribution in [2.24, 2.45) is 0 Å². The number of amides is 1. The first-order valence-electron chi connectivity index (χ1n) is 9.36. The highest BCUT2D eigenvalue weighted by Crippen LogP contribution is 2.31. The van der Waals surface area contributed by atoms with E-state index >= 15 is 0 Å². The number of nitrogens with zero attached hydrogens (tertiary/aromatic N) is 2. The molecule has 1 amide bonds. The largest absolute Gasteiger partial charge is 0.489 e. The Morgan fingerprint density at radius 1 is 1.07 bits per heavy atom. The first-order chi connectivity index (χ1) is 13.7. The van der Waals surface area contributed by atoms with E-state index in [1.807, 2.05) is 53.4 Å². The van der Waals surface area contributed by atoms with Gasteiger partial charge in [0.15, 0.2) is 0 Å². The second-order valence-corrected chi connectivity index (χ2v) is 7.89. The lowest BCUT2D eigenvalue weighted by atomic mass is 10.1. The molecule has 1 heterocycles. The summed E-state index contributed by atoms with van der Waals surface area (Å²) in [6.07, 6.45) is 5.65. The fourth-order valence-electron chi connectivity index (χ4n) is 3.12. The molecule has 0 spiro atoms. The van der Waals surface area contributed by atoms with Gasteiger partial charge in [-0.1, -0.05) is 40.2 Å². The van der Waals surface area contributed by atoms with E-state index in [0.29, 0.717) is 30.5 Å². The molecule has 0 saturated heterocycles. The van der Waals surface area contributed by atoms with Crippen LogP contribution in [0.4, 0.5) is 0 Å². The molecular formula is C23H21BrN2O2. The zero-order chi connectivity index (χ0) is 19.3. The van der Waals surface area contributed by atoms with Gasteiger partial charge >= 0.3 is 0 Å². The van der Waals surface area contributed by atoms with Crippen molar-refractivity contribution >= 4 is 21.8 Å². The normalized spacial score (nSPS) is 13.2. The van der Waals surface area contributed by atoms with Crippen molar-refractivity contribution in [1.29, 1.82) is 0 Å². The van der Waals surface area contributed by atoms with Gasteiger partial charge in [-0.3, -0.25) is 9.78 Å². The predicted molar refractivity (Wildman–Crippen MR) is 112 cm³/mol. The minimum Gasteiger partial charge on any atom is -0.489 e. The summed E-state index contributed by atoms with van der Waals surface area (Å²) in [6.45, 7) is 1.04. The molecule has 1 saturated carbocycles. The van der Waals surface area contributed by atoms with Crippen molar-refractivity contribution in [3.63, 3.8) is 0 Å². The van der Waals surface area contributed by atoms with E-state index in [0.717, 1.165) is 28.4 Å². The number of hydrogen-bond acceptors (Lipinski definition) is 3. The fourth-order valence-corrected chi connectivity index (χ4v) is 3.57. The smallest absolute Gasteiger partial charge is 0.254 e. The fraction of sp³-hybridized carbons (Fsp3) is 0.217. The average Bonchev–Trinajstić information content (AvgIpc) is 3.56. The number of hydrogen-bond donors (Lipinski definition) is 0. The minimum absolute atomic E-state index is 0.0503. The van der Waals surface area contributed by atoms with Crippen molar-refractivity contribution in [3.05, 3.63) is 94.2 Å². The highest BCUT2D eigenvalue weighted by atomic mass is 79.9. The molecule has 28 heavy (non-hydrogen) atoms.